The van der Waals surface area contributed by atoms with Crippen LogP contribution in [0.5, 0.6) is 5.75 Å². The van der Waals surface area contributed by atoms with Gasteiger partial charge in [0.1, 0.15) is 11.2 Å². The number of rotatable bonds is 3. The standard InChI is InChI=1S/C40H52O5/c1-23-11-8-19-40(27(23)21-26-24(2)12-15-30-36(3,4)17-10-20-39(26,30)34(42)43)33-29(45-35(40)44)14-13-25-32(33)28(41)22-31-37(5,6)16-9-18-38(25,31)7/h11,13-14,26-27,30-31H,2,8-10,12,15-22H2,1,3-7H3,(H,42,43)/t26-,27-,30+,31-,38+,39-,40-/m0/s1. The van der Waals surface area contributed by atoms with Crippen molar-refractivity contribution in [3.8, 4) is 5.75 Å². The molecule has 3 saturated carbocycles. The first-order valence-electron chi connectivity index (χ1n) is 17.6. The molecule has 0 saturated heterocycles. The molecule has 0 unspecified atom stereocenters. The molecule has 0 radical (unpaired) electrons. The third-order valence-corrected chi connectivity index (χ3v) is 14.6. The zero-order chi connectivity index (χ0) is 32.3. The molecule has 6 aliphatic rings. The zero-order valence-electron chi connectivity index (χ0n) is 28.3. The van der Waals surface area contributed by atoms with E-state index in [4.69, 9.17) is 4.74 Å². The molecule has 5 nitrogen and oxygen atoms in total. The number of ether oxygens (including phenoxy) is 1. The van der Waals surface area contributed by atoms with Gasteiger partial charge in [0, 0.05) is 23.5 Å². The maximum Gasteiger partial charge on any atom is 0.322 e. The molecular formula is C40H52O5. The van der Waals surface area contributed by atoms with Crippen LogP contribution in [0.1, 0.15) is 140 Å². The summed E-state index contributed by atoms with van der Waals surface area (Å²) >= 11 is 0. The quantitative estimate of drug-likeness (QED) is 0.209. The van der Waals surface area contributed by atoms with E-state index in [1.807, 2.05) is 6.07 Å². The average Bonchev–Trinajstić information content (AvgIpc) is 3.23. The summed E-state index contributed by atoms with van der Waals surface area (Å²) in [5.41, 5.74) is 2.70. The Bertz CT molecular complexity index is 1540. The molecule has 242 valence electrons. The van der Waals surface area contributed by atoms with Crippen LogP contribution in [0.3, 0.4) is 0 Å². The van der Waals surface area contributed by atoms with E-state index in [2.05, 4.69) is 60.3 Å². The van der Waals surface area contributed by atoms with Crippen molar-refractivity contribution in [2.45, 2.75) is 129 Å². The topological polar surface area (TPSA) is 80.7 Å². The van der Waals surface area contributed by atoms with Crippen LogP contribution < -0.4 is 4.74 Å². The molecule has 0 aromatic heterocycles. The third kappa shape index (κ3) is 4.00. The van der Waals surface area contributed by atoms with Crippen molar-refractivity contribution in [2.24, 2.45) is 39.9 Å². The first-order valence-corrected chi connectivity index (χ1v) is 17.6. The Kier molecular flexibility index (Phi) is 6.81. The lowest BCUT2D eigenvalue weighted by molar-refractivity contribution is -0.171. The summed E-state index contributed by atoms with van der Waals surface area (Å²) in [7, 11) is 0. The number of hydrogen-bond acceptors (Lipinski definition) is 4. The lowest BCUT2D eigenvalue weighted by atomic mass is 9.44. The second kappa shape index (κ2) is 9.91. The van der Waals surface area contributed by atoms with Crippen LogP contribution >= 0.6 is 0 Å². The van der Waals surface area contributed by atoms with Gasteiger partial charge in [-0.1, -0.05) is 77.3 Å². The molecule has 7 rings (SSSR count). The highest BCUT2D eigenvalue weighted by molar-refractivity contribution is 6.06. The maximum atomic E-state index is 14.4. The van der Waals surface area contributed by atoms with E-state index in [0.29, 0.717) is 31.4 Å². The van der Waals surface area contributed by atoms with Gasteiger partial charge in [0.25, 0.3) is 0 Å². The minimum atomic E-state index is -1.00. The van der Waals surface area contributed by atoms with Crippen LogP contribution in [0.15, 0.2) is 35.9 Å². The number of hydrogen-bond donors (Lipinski definition) is 1. The van der Waals surface area contributed by atoms with E-state index in [-0.39, 0.29) is 51.7 Å². The first-order chi connectivity index (χ1) is 21.1. The second-order valence-electron chi connectivity index (χ2n) is 17.4. The predicted octanol–water partition coefficient (Wildman–Crippen LogP) is 9.12. The number of esters is 1. The Morgan fingerprint density at radius 1 is 0.956 bits per heavy atom. The highest BCUT2D eigenvalue weighted by Crippen LogP contribution is 2.66. The molecule has 1 N–H and O–H groups in total. The normalized spacial score (nSPS) is 39.7. The molecule has 5 aliphatic carbocycles. The molecular weight excluding hydrogens is 560 g/mol. The molecule has 1 aromatic carbocycles. The van der Waals surface area contributed by atoms with E-state index in [0.717, 1.165) is 79.2 Å². The summed E-state index contributed by atoms with van der Waals surface area (Å²) in [6.45, 7) is 18.1. The van der Waals surface area contributed by atoms with Gasteiger partial charge in [-0.3, -0.25) is 14.4 Å². The second-order valence-corrected chi connectivity index (χ2v) is 17.4. The number of carbonyl (C=O) groups excluding carboxylic acids is 2. The van der Waals surface area contributed by atoms with Gasteiger partial charge in [-0.15, -0.1) is 0 Å². The van der Waals surface area contributed by atoms with E-state index >= 15 is 0 Å². The SMILES string of the molecule is C=C1CC[C@@H]2C(C)(C)CCC[C@]2(C(=O)O)[C@H]1C[C@H]1C(C)=CCC[C@]12C(=O)Oc1ccc3c(c12)C(=O)C[C@H]1C(C)(C)CCC[C@]31C. The molecule has 0 bridgehead atoms. The fourth-order valence-electron chi connectivity index (χ4n) is 12.4. The van der Waals surface area contributed by atoms with E-state index < -0.39 is 16.8 Å². The van der Waals surface area contributed by atoms with Gasteiger partial charge in [-0.2, -0.15) is 0 Å². The van der Waals surface area contributed by atoms with Crippen LogP contribution in [-0.2, 0) is 20.4 Å². The Hall–Kier alpha value is -2.69. The molecule has 7 atom stereocenters. The number of ketones is 1. The summed E-state index contributed by atoms with van der Waals surface area (Å²) in [6.07, 6.45) is 12.1. The van der Waals surface area contributed by atoms with E-state index in [1.54, 1.807) is 0 Å². The fraction of sp³-hybridized carbons (Fsp3) is 0.675. The predicted molar refractivity (Wildman–Crippen MR) is 175 cm³/mol. The van der Waals surface area contributed by atoms with Crippen molar-refractivity contribution < 1.29 is 24.2 Å². The molecule has 5 heteroatoms. The van der Waals surface area contributed by atoms with Gasteiger partial charge >= 0.3 is 11.9 Å². The highest BCUT2D eigenvalue weighted by Gasteiger charge is 2.64. The van der Waals surface area contributed by atoms with Crippen LogP contribution in [0.2, 0.25) is 0 Å². The number of allylic oxidation sites excluding steroid dienone is 3. The van der Waals surface area contributed by atoms with Gasteiger partial charge < -0.3 is 9.84 Å². The third-order valence-electron chi connectivity index (χ3n) is 14.6. The number of carbonyl (C=O) groups is 3. The van der Waals surface area contributed by atoms with Crippen molar-refractivity contribution in [2.75, 3.05) is 0 Å². The van der Waals surface area contributed by atoms with E-state index in [1.165, 1.54) is 0 Å². The van der Waals surface area contributed by atoms with Gasteiger partial charge in [0.2, 0.25) is 0 Å². The summed E-state index contributed by atoms with van der Waals surface area (Å²) in [6, 6.07) is 4.05. The molecule has 1 heterocycles. The number of fused-ring (bicyclic) bond motifs is 7. The Balaban J connectivity index is 1.40. The van der Waals surface area contributed by atoms with Gasteiger partial charge in [-0.05, 0) is 110 Å². The maximum absolute atomic E-state index is 14.4. The Labute approximate surface area is 269 Å². The van der Waals surface area contributed by atoms with Crippen molar-refractivity contribution >= 4 is 17.7 Å². The smallest absolute Gasteiger partial charge is 0.322 e. The van der Waals surface area contributed by atoms with Crippen LogP contribution in [-0.4, -0.2) is 22.8 Å². The summed E-state index contributed by atoms with van der Waals surface area (Å²) in [4.78, 5) is 42.4. The van der Waals surface area contributed by atoms with Crippen molar-refractivity contribution in [1.82, 2.24) is 0 Å². The molecule has 1 aromatic rings. The Morgan fingerprint density at radius 3 is 2.36 bits per heavy atom. The van der Waals surface area contributed by atoms with Gasteiger partial charge in [0.15, 0.2) is 5.78 Å². The van der Waals surface area contributed by atoms with E-state index in [9.17, 15) is 19.5 Å². The number of aliphatic carboxylic acids is 1. The summed E-state index contributed by atoms with van der Waals surface area (Å²) in [5, 5.41) is 11.1. The van der Waals surface area contributed by atoms with Crippen LogP contribution in [0, 0.1) is 39.9 Å². The fourth-order valence-corrected chi connectivity index (χ4v) is 12.4. The molecule has 3 fully saturated rings. The molecule has 1 spiro atoms. The van der Waals surface area contributed by atoms with Crippen LogP contribution in [0.25, 0.3) is 0 Å². The van der Waals surface area contributed by atoms with Gasteiger partial charge in [0.05, 0.1) is 5.41 Å². The average molecular weight is 613 g/mol. The minimum absolute atomic E-state index is 0.0549. The monoisotopic (exact) mass is 612 g/mol. The lowest BCUT2D eigenvalue weighted by Gasteiger charge is -2.58. The highest BCUT2D eigenvalue weighted by atomic mass is 16.5. The summed E-state index contributed by atoms with van der Waals surface area (Å²) in [5.74, 6) is -0.491. The van der Waals surface area contributed by atoms with Crippen molar-refractivity contribution in [3.05, 3.63) is 52.6 Å². The number of carboxylic acid groups (broad SMARTS) is 1. The molecule has 1 aliphatic heterocycles. The zero-order valence-corrected chi connectivity index (χ0v) is 28.3. The minimum Gasteiger partial charge on any atom is -0.481 e. The lowest BCUT2D eigenvalue weighted by Crippen LogP contribution is -2.57. The Morgan fingerprint density at radius 2 is 1.64 bits per heavy atom. The number of Topliss-reactive ketones (excluding diaryl/α,β-unsaturated/α-hetero) is 1. The van der Waals surface area contributed by atoms with Gasteiger partial charge in [-0.25, -0.2) is 0 Å². The first kappa shape index (κ1) is 30.9. The van der Waals surface area contributed by atoms with Crippen LogP contribution in [0.4, 0.5) is 0 Å². The largest absolute Gasteiger partial charge is 0.481 e. The van der Waals surface area contributed by atoms with Crippen molar-refractivity contribution in [1.29, 1.82) is 0 Å². The molecule has 45 heavy (non-hydrogen) atoms. The number of benzene rings is 1. The summed E-state index contributed by atoms with van der Waals surface area (Å²) < 4.78 is 6.17. The number of carboxylic acids is 1. The van der Waals surface area contributed by atoms with Crippen molar-refractivity contribution in [3.63, 3.8) is 0 Å². The molecule has 0 amide bonds.